The number of hydrogen-bond donors (Lipinski definition) is 1. The molecule has 2 aromatic rings. The first-order valence-electron chi connectivity index (χ1n) is 8.09. The number of benzene rings is 2. The van der Waals surface area contributed by atoms with Crippen LogP contribution >= 0.6 is 23.2 Å². The van der Waals surface area contributed by atoms with Gasteiger partial charge in [-0.15, -0.1) is 0 Å². The van der Waals surface area contributed by atoms with Crippen molar-refractivity contribution in [3.8, 4) is 0 Å². The van der Waals surface area contributed by atoms with Gasteiger partial charge in [0.05, 0.1) is 4.90 Å². The summed E-state index contributed by atoms with van der Waals surface area (Å²) in [6, 6.07) is 9.45. The summed E-state index contributed by atoms with van der Waals surface area (Å²) in [5.74, 6) is -1.23. The predicted molar refractivity (Wildman–Crippen MR) is 103 cm³/mol. The third-order valence-corrected chi connectivity index (χ3v) is 6.45. The number of aryl methyl sites for hydroxylation is 1. The van der Waals surface area contributed by atoms with Crippen LogP contribution in [0.25, 0.3) is 0 Å². The van der Waals surface area contributed by atoms with E-state index in [-0.39, 0.29) is 17.7 Å². The molecular weight excluding hydrogens is 411 g/mol. The molecule has 0 spiro atoms. The molecule has 0 aromatic heterocycles. The van der Waals surface area contributed by atoms with Crippen LogP contribution in [0.4, 0.5) is 5.69 Å². The number of nitrogens with one attached hydrogen (secondary N) is 1. The van der Waals surface area contributed by atoms with Crippen molar-refractivity contribution in [2.45, 2.75) is 30.7 Å². The Kier molecular flexibility index (Phi) is 5.46. The van der Waals surface area contributed by atoms with Gasteiger partial charge in [0.25, 0.3) is 10.0 Å². The maximum absolute atomic E-state index is 12.9. The molecule has 2 aromatic carbocycles. The molecule has 0 saturated carbocycles. The second kappa shape index (κ2) is 7.50. The summed E-state index contributed by atoms with van der Waals surface area (Å²) < 4.78 is 26.5. The Balaban J connectivity index is 1.89. The second-order valence-corrected chi connectivity index (χ2v) is 8.90. The Morgan fingerprint density at radius 2 is 1.70 bits per heavy atom. The third kappa shape index (κ3) is 4.10. The summed E-state index contributed by atoms with van der Waals surface area (Å²) in [6.07, 6.45) is 0.0730. The van der Waals surface area contributed by atoms with Crippen molar-refractivity contribution in [1.82, 2.24) is 4.31 Å². The van der Waals surface area contributed by atoms with Crippen molar-refractivity contribution < 1.29 is 18.0 Å². The number of hydrogen-bond acceptors (Lipinski definition) is 4. The molecule has 27 heavy (non-hydrogen) atoms. The highest BCUT2D eigenvalue weighted by Crippen LogP contribution is 2.29. The van der Waals surface area contributed by atoms with Gasteiger partial charge in [-0.05, 0) is 43.7 Å². The van der Waals surface area contributed by atoms with Gasteiger partial charge < -0.3 is 5.32 Å². The first kappa shape index (κ1) is 19.7. The number of rotatable bonds is 4. The number of amides is 2. The lowest BCUT2D eigenvalue weighted by Gasteiger charge is -2.24. The Morgan fingerprint density at radius 1 is 1.11 bits per heavy atom. The molecule has 2 amide bonds. The molecule has 9 heteroatoms. The fraction of sp³-hybridized carbons (Fsp3) is 0.222. The van der Waals surface area contributed by atoms with E-state index in [1.54, 1.807) is 12.1 Å². The molecule has 1 N–H and O–H groups in total. The molecule has 6 nitrogen and oxygen atoms in total. The van der Waals surface area contributed by atoms with Gasteiger partial charge in [0.2, 0.25) is 11.8 Å². The standard InChI is InChI=1S/C18H16Cl2N2O4S/c1-11-2-4-15(5-3-11)27(25,26)22-16(6-7-17(22)23)18(24)21-14-9-12(19)8-13(20)10-14/h2-5,8-10,16H,6-7H2,1H3,(H,21,24)/t16-/m0/s1. The molecule has 1 saturated heterocycles. The monoisotopic (exact) mass is 426 g/mol. The number of nitrogens with zero attached hydrogens (tertiary/aromatic N) is 1. The lowest BCUT2D eigenvalue weighted by atomic mass is 10.2. The van der Waals surface area contributed by atoms with Crippen LogP contribution in [-0.4, -0.2) is 30.6 Å². The van der Waals surface area contributed by atoms with Crippen LogP contribution in [0.3, 0.4) is 0 Å². The average molecular weight is 427 g/mol. The molecule has 0 aliphatic carbocycles. The van der Waals surface area contributed by atoms with Crippen molar-refractivity contribution >= 4 is 50.7 Å². The van der Waals surface area contributed by atoms with Crippen LogP contribution in [0.5, 0.6) is 0 Å². The van der Waals surface area contributed by atoms with Crippen LogP contribution in [0.15, 0.2) is 47.4 Å². The Morgan fingerprint density at radius 3 is 2.30 bits per heavy atom. The molecule has 0 unspecified atom stereocenters. The summed E-state index contributed by atoms with van der Waals surface area (Å²) >= 11 is 11.8. The van der Waals surface area contributed by atoms with Gasteiger partial charge in [-0.25, -0.2) is 12.7 Å². The van der Waals surface area contributed by atoms with Crippen LogP contribution < -0.4 is 5.32 Å². The normalized spacial score (nSPS) is 17.2. The van der Waals surface area contributed by atoms with Gasteiger partial charge in [-0.1, -0.05) is 40.9 Å². The number of halogens is 2. The molecule has 3 rings (SSSR count). The number of carbonyl (C=O) groups is 2. The van der Waals surface area contributed by atoms with E-state index in [4.69, 9.17) is 23.2 Å². The minimum absolute atomic E-state index is 0.0283. The molecule has 1 heterocycles. The van der Waals surface area contributed by atoms with E-state index < -0.39 is 27.9 Å². The molecule has 1 fully saturated rings. The number of carbonyl (C=O) groups excluding carboxylic acids is 2. The van der Waals surface area contributed by atoms with Crippen molar-refractivity contribution in [1.29, 1.82) is 0 Å². The van der Waals surface area contributed by atoms with E-state index in [1.807, 2.05) is 6.92 Å². The van der Waals surface area contributed by atoms with Gasteiger partial charge in [0.1, 0.15) is 6.04 Å². The quantitative estimate of drug-likeness (QED) is 0.808. The maximum Gasteiger partial charge on any atom is 0.267 e. The fourth-order valence-corrected chi connectivity index (χ4v) is 5.00. The van der Waals surface area contributed by atoms with Gasteiger partial charge in [0, 0.05) is 22.2 Å². The Labute approximate surface area is 167 Å². The molecule has 1 aliphatic heterocycles. The lowest BCUT2D eigenvalue weighted by Crippen LogP contribution is -2.45. The molecule has 1 aliphatic rings. The summed E-state index contributed by atoms with van der Waals surface area (Å²) in [7, 11) is -4.14. The molecule has 1 atom stereocenters. The highest BCUT2D eigenvalue weighted by molar-refractivity contribution is 7.89. The lowest BCUT2D eigenvalue weighted by molar-refractivity contribution is -0.128. The first-order chi connectivity index (χ1) is 12.7. The van der Waals surface area contributed by atoms with Crippen molar-refractivity contribution in [3.63, 3.8) is 0 Å². The summed E-state index contributed by atoms with van der Waals surface area (Å²) in [6.45, 7) is 1.82. The van der Waals surface area contributed by atoms with Crippen molar-refractivity contribution in [2.24, 2.45) is 0 Å². The number of anilines is 1. The first-order valence-corrected chi connectivity index (χ1v) is 10.3. The zero-order valence-electron chi connectivity index (χ0n) is 14.3. The topological polar surface area (TPSA) is 83.6 Å². The zero-order chi connectivity index (χ0) is 19.8. The van der Waals surface area contributed by atoms with Gasteiger partial charge in [-0.3, -0.25) is 9.59 Å². The SMILES string of the molecule is Cc1ccc(S(=O)(=O)N2C(=O)CC[C@H]2C(=O)Nc2cc(Cl)cc(Cl)c2)cc1. The van der Waals surface area contributed by atoms with Gasteiger partial charge in [-0.2, -0.15) is 0 Å². The van der Waals surface area contributed by atoms with Crippen molar-refractivity contribution in [3.05, 3.63) is 58.1 Å². The minimum Gasteiger partial charge on any atom is -0.324 e. The summed E-state index contributed by atoms with van der Waals surface area (Å²) in [5.41, 5.74) is 1.21. The second-order valence-electron chi connectivity index (χ2n) is 6.21. The van der Waals surface area contributed by atoms with Crippen LogP contribution in [0, 0.1) is 6.92 Å². The largest absolute Gasteiger partial charge is 0.324 e. The molecular formula is C18H16Cl2N2O4S. The molecule has 0 bridgehead atoms. The maximum atomic E-state index is 12.9. The Bertz CT molecular complexity index is 986. The number of sulfonamides is 1. The average Bonchev–Trinajstić information content (AvgIpc) is 2.97. The summed E-state index contributed by atoms with van der Waals surface area (Å²) in [4.78, 5) is 24.9. The van der Waals surface area contributed by atoms with E-state index >= 15 is 0 Å². The molecule has 142 valence electrons. The summed E-state index contributed by atoms with van der Waals surface area (Å²) in [5, 5.41) is 3.23. The van der Waals surface area contributed by atoms with Gasteiger partial charge >= 0.3 is 0 Å². The Hall–Kier alpha value is -2.09. The van der Waals surface area contributed by atoms with E-state index in [1.165, 1.54) is 30.3 Å². The smallest absolute Gasteiger partial charge is 0.267 e. The third-order valence-electron chi connectivity index (χ3n) is 4.17. The highest BCUT2D eigenvalue weighted by Gasteiger charge is 2.44. The molecule has 0 radical (unpaired) electrons. The fourth-order valence-electron chi connectivity index (χ4n) is 2.88. The van der Waals surface area contributed by atoms with Crippen molar-refractivity contribution in [2.75, 3.05) is 5.32 Å². The highest BCUT2D eigenvalue weighted by atomic mass is 35.5. The predicted octanol–water partition coefficient (Wildman–Crippen LogP) is 3.62. The van der Waals surface area contributed by atoms with E-state index in [9.17, 15) is 18.0 Å². The van der Waals surface area contributed by atoms with E-state index in [0.29, 0.717) is 20.0 Å². The van der Waals surface area contributed by atoms with E-state index in [0.717, 1.165) is 5.56 Å². The zero-order valence-corrected chi connectivity index (χ0v) is 16.6. The van der Waals surface area contributed by atoms with Crippen LogP contribution in [0.1, 0.15) is 18.4 Å². The van der Waals surface area contributed by atoms with Crippen LogP contribution in [-0.2, 0) is 19.6 Å². The minimum atomic E-state index is -4.14. The van der Waals surface area contributed by atoms with Crippen LogP contribution in [0.2, 0.25) is 10.0 Å². The van der Waals surface area contributed by atoms with E-state index in [2.05, 4.69) is 5.32 Å². The van der Waals surface area contributed by atoms with Gasteiger partial charge in [0.15, 0.2) is 0 Å².